The Hall–Kier alpha value is -1.59. The number of fused-ring (bicyclic) bond motifs is 1. The number of ketones is 1. The normalized spacial score (nSPS) is 14.2. The molecule has 1 aromatic carbocycles. The molecule has 1 aliphatic carbocycles. The number of nitrogens with zero attached hydrogens (tertiary/aromatic N) is 2. The highest BCUT2D eigenvalue weighted by molar-refractivity contribution is 6.04. The second-order valence-corrected chi connectivity index (χ2v) is 6.25. The average Bonchev–Trinajstić information content (AvgIpc) is 2.92. The van der Waals surface area contributed by atoms with E-state index in [4.69, 9.17) is 9.47 Å². The van der Waals surface area contributed by atoms with Crippen molar-refractivity contribution >= 4 is 29.1 Å². The lowest BCUT2D eigenvalue weighted by atomic mass is 9.85. The molecule has 0 bridgehead atoms. The van der Waals surface area contributed by atoms with Crippen molar-refractivity contribution in [3.63, 3.8) is 0 Å². The van der Waals surface area contributed by atoms with Crippen molar-refractivity contribution in [1.82, 2.24) is 9.78 Å². The van der Waals surface area contributed by atoms with Crippen LogP contribution in [0.3, 0.4) is 0 Å². The topological polar surface area (TPSA) is 53.3 Å². The van der Waals surface area contributed by atoms with Crippen LogP contribution < -0.4 is 4.74 Å². The lowest BCUT2D eigenvalue weighted by Gasteiger charge is -2.24. The van der Waals surface area contributed by atoms with E-state index in [1.54, 1.807) is 14.2 Å². The van der Waals surface area contributed by atoms with Crippen LogP contribution in [0.25, 0.3) is 10.9 Å². The van der Waals surface area contributed by atoms with E-state index in [-0.39, 0.29) is 18.2 Å². The van der Waals surface area contributed by atoms with Gasteiger partial charge in [0.25, 0.3) is 0 Å². The molecular formula is C18H25ClN2O3. The van der Waals surface area contributed by atoms with Gasteiger partial charge in [-0.1, -0.05) is 6.42 Å². The summed E-state index contributed by atoms with van der Waals surface area (Å²) in [7, 11) is 3.26. The van der Waals surface area contributed by atoms with Crippen molar-refractivity contribution < 1.29 is 14.3 Å². The quantitative estimate of drug-likeness (QED) is 0.534. The summed E-state index contributed by atoms with van der Waals surface area (Å²) in [6.07, 6.45) is 7.10. The van der Waals surface area contributed by atoms with Crippen LogP contribution in [0.1, 0.15) is 42.5 Å². The Morgan fingerprint density at radius 3 is 2.75 bits per heavy atom. The van der Waals surface area contributed by atoms with E-state index >= 15 is 0 Å². The van der Waals surface area contributed by atoms with E-state index in [2.05, 4.69) is 5.10 Å². The number of benzene rings is 1. The van der Waals surface area contributed by atoms with Crippen molar-refractivity contribution in [3.8, 4) is 5.75 Å². The van der Waals surface area contributed by atoms with E-state index in [0.29, 0.717) is 24.3 Å². The summed E-state index contributed by atoms with van der Waals surface area (Å²) in [6, 6.07) is 3.75. The summed E-state index contributed by atoms with van der Waals surface area (Å²) in [5.74, 6) is 1.47. The summed E-state index contributed by atoms with van der Waals surface area (Å²) in [6.45, 7) is 1.55. The molecule has 0 N–H and O–H groups in total. The van der Waals surface area contributed by atoms with Crippen molar-refractivity contribution in [2.24, 2.45) is 5.92 Å². The third kappa shape index (κ3) is 3.90. The molecule has 1 saturated carbocycles. The van der Waals surface area contributed by atoms with Crippen molar-refractivity contribution in [1.29, 1.82) is 0 Å². The molecule has 0 spiro atoms. The van der Waals surface area contributed by atoms with Crippen LogP contribution in [0.2, 0.25) is 0 Å². The van der Waals surface area contributed by atoms with Gasteiger partial charge in [0.1, 0.15) is 5.75 Å². The summed E-state index contributed by atoms with van der Waals surface area (Å²) in [4.78, 5) is 12.4. The van der Waals surface area contributed by atoms with Gasteiger partial charge in [0.2, 0.25) is 0 Å². The van der Waals surface area contributed by atoms with Crippen molar-refractivity contribution in [2.45, 2.75) is 38.6 Å². The lowest BCUT2D eigenvalue weighted by Crippen LogP contribution is -2.18. The highest BCUT2D eigenvalue weighted by Crippen LogP contribution is 2.32. The predicted octanol–water partition coefficient (Wildman–Crippen LogP) is 3.88. The van der Waals surface area contributed by atoms with Gasteiger partial charge in [-0.3, -0.25) is 9.48 Å². The number of rotatable bonds is 8. The minimum atomic E-state index is 0. The number of aromatic nitrogens is 2. The fourth-order valence-corrected chi connectivity index (χ4v) is 3.10. The van der Waals surface area contributed by atoms with Gasteiger partial charge in [0, 0.05) is 32.9 Å². The first kappa shape index (κ1) is 18.7. The zero-order valence-corrected chi connectivity index (χ0v) is 15.1. The van der Waals surface area contributed by atoms with Crippen LogP contribution in [0, 0.1) is 5.92 Å². The minimum Gasteiger partial charge on any atom is -0.495 e. The molecule has 5 nitrogen and oxygen atoms in total. The number of halogens is 1. The molecule has 1 aliphatic rings. The number of Topliss-reactive ketones (excluding diaryl/α,β-unsaturated/α-hetero) is 1. The van der Waals surface area contributed by atoms with E-state index in [1.165, 1.54) is 19.3 Å². The molecule has 0 aliphatic heterocycles. The van der Waals surface area contributed by atoms with Gasteiger partial charge in [-0.15, -0.1) is 12.4 Å². The van der Waals surface area contributed by atoms with Crippen LogP contribution in [0.5, 0.6) is 5.75 Å². The van der Waals surface area contributed by atoms with Gasteiger partial charge >= 0.3 is 0 Å². The number of hydrogen-bond acceptors (Lipinski definition) is 4. The Bertz CT molecular complexity index is 695. The molecule has 1 fully saturated rings. The number of hydrogen-bond donors (Lipinski definition) is 0. The Labute approximate surface area is 148 Å². The first-order chi connectivity index (χ1) is 11.2. The minimum absolute atomic E-state index is 0. The maximum Gasteiger partial charge on any atom is 0.166 e. The van der Waals surface area contributed by atoms with E-state index in [1.807, 2.05) is 23.0 Å². The Kier molecular flexibility index (Phi) is 6.63. The third-order valence-corrected chi connectivity index (χ3v) is 4.61. The molecule has 24 heavy (non-hydrogen) atoms. The number of carbonyl (C=O) groups excluding carboxylic acids is 1. The Morgan fingerprint density at radius 2 is 2.12 bits per heavy atom. The standard InChI is InChI=1S/C18H24N2O3.ClH/c1-22-10-4-7-17(21)14-8-9-16-15(18(14)23-2)12-20(19-16)11-13-5-3-6-13;/h8-9,12-13H,3-7,10-11H2,1-2H3;1H. The molecule has 6 heteroatoms. The van der Waals surface area contributed by atoms with E-state index in [9.17, 15) is 4.79 Å². The van der Waals surface area contributed by atoms with Gasteiger partial charge in [-0.2, -0.15) is 5.10 Å². The highest BCUT2D eigenvalue weighted by Gasteiger charge is 2.20. The Morgan fingerprint density at radius 1 is 1.33 bits per heavy atom. The number of carbonyl (C=O) groups is 1. The number of ether oxygens (including phenoxy) is 2. The zero-order valence-electron chi connectivity index (χ0n) is 14.3. The maximum atomic E-state index is 12.4. The predicted molar refractivity (Wildman–Crippen MR) is 96.3 cm³/mol. The van der Waals surface area contributed by atoms with Crippen LogP contribution in [0.4, 0.5) is 0 Å². The Balaban J connectivity index is 0.00000208. The number of methoxy groups -OCH3 is 2. The first-order valence-corrected chi connectivity index (χ1v) is 8.29. The maximum absolute atomic E-state index is 12.4. The monoisotopic (exact) mass is 352 g/mol. The molecule has 2 aromatic rings. The largest absolute Gasteiger partial charge is 0.495 e. The highest BCUT2D eigenvalue weighted by atomic mass is 35.5. The molecule has 1 aromatic heterocycles. The van der Waals surface area contributed by atoms with Crippen molar-refractivity contribution in [2.75, 3.05) is 20.8 Å². The molecular weight excluding hydrogens is 328 g/mol. The summed E-state index contributed by atoms with van der Waals surface area (Å²) < 4.78 is 12.5. The zero-order chi connectivity index (χ0) is 16.2. The van der Waals surface area contributed by atoms with Crippen LogP contribution >= 0.6 is 12.4 Å². The molecule has 0 unspecified atom stereocenters. The SMILES string of the molecule is COCCCC(=O)c1ccc2nn(CC3CCC3)cc2c1OC.Cl. The van der Waals surface area contributed by atoms with E-state index in [0.717, 1.165) is 29.8 Å². The van der Waals surface area contributed by atoms with E-state index < -0.39 is 0 Å². The molecule has 132 valence electrons. The molecule has 0 saturated heterocycles. The molecule has 0 radical (unpaired) electrons. The molecule has 0 amide bonds. The average molecular weight is 353 g/mol. The van der Waals surface area contributed by atoms with Gasteiger partial charge in [-0.25, -0.2) is 0 Å². The van der Waals surface area contributed by atoms with Gasteiger partial charge in [0.05, 0.1) is 23.6 Å². The van der Waals surface area contributed by atoms with Crippen LogP contribution in [-0.2, 0) is 11.3 Å². The van der Waals surface area contributed by atoms with Crippen molar-refractivity contribution in [3.05, 3.63) is 23.9 Å². The van der Waals surface area contributed by atoms with Gasteiger partial charge < -0.3 is 9.47 Å². The summed E-state index contributed by atoms with van der Waals surface area (Å²) in [5.41, 5.74) is 1.52. The third-order valence-electron chi connectivity index (χ3n) is 4.61. The molecule has 0 atom stereocenters. The first-order valence-electron chi connectivity index (χ1n) is 8.29. The lowest BCUT2D eigenvalue weighted by molar-refractivity contribution is 0.0960. The molecule has 1 heterocycles. The second kappa shape index (κ2) is 8.49. The summed E-state index contributed by atoms with van der Waals surface area (Å²) in [5, 5.41) is 5.55. The van der Waals surface area contributed by atoms with Gasteiger partial charge in [-0.05, 0) is 37.3 Å². The van der Waals surface area contributed by atoms with Crippen LogP contribution in [-0.4, -0.2) is 36.4 Å². The van der Waals surface area contributed by atoms with Gasteiger partial charge in [0.15, 0.2) is 5.78 Å². The fourth-order valence-electron chi connectivity index (χ4n) is 3.10. The molecule has 3 rings (SSSR count). The second-order valence-electron chi connectivity index (χ2n) is 6.25. The summed E-state index contributed by atoms with van der Waals surface area (Å²) >= 11 is 0. The fraction of sp³-hybridized carbons (Fsp3) is 0.556. The van der Waals surface area contributed by atoms with Crippen LogP contribution in [0.15, 0.2) is 18.3 Å². The smallest absolute Gasteiger partial charge is 0.166 e.